The number of hydrogen-bond acceptors (Lipinski definition) is 6. The molecule has 7 nitrogen and oxygen atoms in total. The van der Waals surface area contributed by atoms with Gasteiger partial charge in [0.1, 0.15) is 0 Å². The third-order valence-electron chi connectivity index (χ3n) is 3.67. The number of nitrogens with zero attached hydrogens (tertiary/aromatic N) is 3. The number of aromatic nitrogens is 3. The normalized spacial score (nSPS) is 17.2. The van der Waals surface area contributed by atoms with Gasteiger partial charge in [-0.05, 0) is 19.9 Å². The summed E-state index contributed by atoms with van der Waals surface area (Å²) in [7, 11) is 0. The van der Waals surface area contributed by atoms with Crippen LogP contribution in [0.4, 0.5) is 5.95 Å². The maximum Gasteiger partial charge on any atom is 0.261 e. The Labute approximate surface area is 121 Å². The summed E-state index contributed by atoms with van der Waals surface area (Å²) in [4.78, 5) is 25.8. The Balaban J connectivity index is 2.11. The van der Waals surface area contributed by atoms with Crippen LogP contribution in [0.25, 0.3) is 11.0 Å². The summed E-state index contributed by atoms with van der Waals surface area (Å²) < 4.78 is 5.30. The van der Waals surface area contributed by atoms with Gasteiger partial charge in [0, 0.05) is 24.3 Å². The highest BCUT2D eigenvalue weighted by atomic mass is 16.5. The van der Waals surface area contributed by atoms with Gasteiger partial charge in [0.05, 0.1) is 24.7 Å². The average Bonchev–Trinajstić information content (AvgIpc) is 2.47. The van der Waals surface area contributed by atoms with Crippen molar-refractivity contribution >= 4 is 17.0 Å². The molecule has 1 atom stereocenters. The molecular weight excluding hydrogens is 272 g/mol. The predicted molar refractivity (Wildman–Crippen MR) is 78.6 cm³/mol. The van der Waals surface area contributed by atoms with Gasteiger partial charge in [-0.25, -0.2) is 4.98 Å². The number of nitrogens with one attached hydrogen (secondary N) is 1. The largest absolute Gasteiger partial charge is 0.389 e. The van der Waals surface area contributed by atoms with E-state index in [9.17, 15) is 9.90 Å². The molecule has 112 valence electrons. The second-order valence-electron chi connectivity index (χ2n) is 5.20. The fourth-order valence-corrected chi connectivity index (χ4v) is 2.51. The Morgan fingerprint density at radius 3 is 2.76 bits per heavy atom. The van der Waals surface area contributed by atoms with Crippen molar-refractivity contribution in [3.63, 3.8) is 0 Å². The highest BCUT2D eigenvalue weighted by Gasteiger charge is 2.17. The number of morpholine rings is 1. The fraction of sp³-hybridized carbons (Fsp3) is 0.500. The molecule has 0 saturated carbocycles. The lowest BCUT2D eigenvalue weighted by Crippen LogP contribution is -2.38. The average molecular weight is 290 g/mol. The topological polar surface area (TPSA) is 91.3 Å². The Hall–Kier alpha value is -1.99. The molecule has 2 N–H and O–H groups in total. The first-order chi connectivity index (χ1) is 10.1. The number of aromatic amines is 1. The zero-order valence-corrected chi connectivity index (χ0v) is 12.1. The standard InChI is InChI=1S/C14H18N4O3/c1-8-10(9(2)19)7-11-12(15-8)16-14(17-13(11)20)18-3-5-21-6-4-18/h7,9,19H,3-6H2,1-2H3,(H,15,16,17,20). The molecule has 0 bridgehead atoms. The SMILES string of the molecule is Cc1nc2nc(N3CCOCC3)[nH]c(=O)c2cc1C(C)O. The van der Waals surface area contributed by atoms with Crippen molar-refractivity contribution in [2.24, 2.45) is 0 Å². The van der Waals surface area contributed by atoms with Gasteiger partial charge >= 0.3 is 0 Å². The lowest BCUT2D eigenvalue weighted by atomic mass is 10.1. The molecule has 2 aromatic rings. The summed E-state index contributed by atoms with van der Waals surface area (Å²) in [6.07, 6.45) is -0.666. The molecule has 0 radical (unpaired) electrons. The van der Waals surface area contributed by atoms with Crippen LogP contribution in [0.15, 0.2) is 10.9 Å². The molecule has 0 aliphatic carbocycles. The van der Waals surface area contributed by atoms with E-state index in [0.29, 0.717) is 54.5 Å². The monoisotopic (exact) mass is 290 g/mol. The Kier molecular flexibility index (Phi) is 3.60. The van der Waals surface area contributed by atoms with Crippen LogP contribution in [-0.2, 0) is 4.74 Å². The molecule has 1 saturated heterocycles. The minimum atomic E-state index is -0.666. The Morgan fingerprint density at radius 1 is 1.38 bits per heavy atom. The van der Waals surface area contributed by atoms with Gasteiger partial charge in [0.15, 0.2) is 5.65 Å². The van der Waals surface area contributed by atoms with E-state index in [1.165, 1.54) is 0 Å². The van der Waals surface area contributed by atoms with Crippen molar-refractivity contribution in [3.8, 4) is 0 Å². The van der Waals surface area contributed by atoms with E-state index in [1.807, 2.05) is 4.90 Å². The van der Waals surface area contributed by atoms with Crippen LogP contribution in [0.5, 0.6) is 0 Å². The number of ether oxygens (including phenoxy) is 1. The summed E-state index contributed by atoms with van der Waals surface area (Å²) in [5.41, 5.74) is 1.50. The predicted octanol–water partition coefficient (Wildman–Crippen LogP) is 0.516. The van der Waals surface area contributed by atoms with E-state index < -0.39 is 6.10 Å². The Bertz CT molecular complexity index is 720. The molecule has 3 heterocycles. The quantitative estimate of drug-likeness (QED) is 0.837. The number of aliphatic hydroxyl groups excluding tert-OH is 1. The highest BCUT2D eigenvalue weighted by Crippen LogP contribution is 2.20. The summed E-state index contributed by atoms with van der Waals surface area (Å²) in [6.45, 7) is 6.08. The van der Waals surface area contributed by atoms with E-state index in [0.717, 1.165) is 0 Å². The maximum atomic E-state index is 12.3. The van der Waals surface area contributed by atoms with Crippen LogP contribution < -0.4 is 10.5 Å². The number of aliphatic hydroxyl groups is 1. The molecular formula is C14H18N4O3. The van der Waals surface area contributed by atoms with Gasteiger partial charge in [-0.3, -0.25) is 9.78 Å². The molecule has 2 aromatic heterocycles. The minimum absolute atomic E-state index is 0.240. The van der Waals surface area contributed by atoms with E-state index in [1.54, 1.807) is 19.9 Å². The summed E-state index contributed by atoms with van der Waals surface area (Å²) in [5, 5.41) is 10.1. The van der Waals surface area contributed by atoms with Gasteiger partial charge in [-0.2, -0.15) is 4.98 Å². The van der Waals surface area contributed by atoms with E-state index in [4.69, 9.17) is 4.74 Å². The summed E-state index contributed by atoms with van der Waals surface area (Å²) in [6, 6.07) is 1.66. The van der Waals surface area contributed by atoms with Crippen LogP contribution in [0.3, 0.4) is 0 Å². The maximum absolute atomic E-state index is 12.3. The van der Waals surface area contributed by atoms with E-state index >= 15 is 0 Å². The van der Waals surface area contributed by atoms with Gasteiger partial charge in [-0.15, -0.1) is 0 Å². The molecule has 1 unspecified atom stereocenters. The van der Waals surface area contributed by atoms with Gasteiger partial charge in [-0.1, -0.05) is 0 Å². The number of H-pyrrole nitrogens is 1. The van der Waals surface area contributed by atoms with Gasteiger partial charge < -0.3 is 14.7 Å². The number of hydrogen-bond donors (Lipinski definition) is 2. The smallest absolute Gasteiger partial charge is 0.261 e. The van der Waals surface area contributed by atoms with E-state index in [2.05, 4.69) is 15.0 Å². The minimum Gasteiger partial charge on any atom is -0.389 e. The van der Waals surface area contributed by atoms with Crippen LogP contribution in [0.1, 0.15) is 24.3 Å². The first-order valence-corrected chi connectivity index (χ1v) is 6.98. The van der Waals surface area contributed by atoms with Crippen molar-refractivity contribution in [2.45, 2.75) is 20.0 Å². The molecule has 0 aromatic carbocycles. The first kappa shape index (κ1) is 14.0. The number of rotatable bonds is 2. The Morgan fingerprint density at radius 2 is 2.10 bits per heavy atom. The molecule has 1 aliphatic rings. The molecule has 3 rings (SSSR count). The van der Waals surface area contributed by atoms with Crippen LogP contribution in [-0.4, -0.2) is 46.4 Å². The molecule has 0 spiro atoms. The first-order valence-electron chi connectivity index (χ1n) is 6.98. The number of pyridine rings is 1. The zero-order chi connectivity index (χ0) is 15.0. The summed E-state index contributed by atoms with van der Waals surface area (Å²) in [5.74, 6) is 0.521. The molecule has 21 heavy (non-hydrogen) atoms. The molecule has 7 heteroatoms. The van der Waals surface area contributed by atoms with Crippen molar-refractivity contribution in [3.05, 3.63) is 27.7 Å². The lowest BCUT2D eigenvalue weighted by molar-refractivity contribution is 0.122. The number of aryl methyl sites for hydroxylation is 1. The molecule has 1 fully saturated rings. The second-order valence-corrected chi connectivity index (χ2v) is 5.20. The fourth-order valence-electron chi connectivity index (χ4n) is 2.51. The van der Waals surface area contributed by atoms with Crippen molar-refractivity contribution in [1.29, 1.82) is 0 Å². The number of anilines is 1. The lowest BCUT2D eigenvalue weighted by Gasteiger charge is -2.27. The zero-order valence-electron chi connectivity index (χ0n) is 12.1. The van der Waals surface area contributed by atoms with E-state index in [-0.39, 0.29) is 5.56 Å². The van der Waals surface area contributed by atoms with Gasteiger partial charge in [0.2, 0.25) is 5.95 Å². The van der Waals surface area contributed by atoms with Crippen molar-refractivity contribution < 1.29 is 9.84 Å². The number of fused-ring (bicyclic) bond motifs is 1. The third kappa shape index (κ3) is 2.62. The van der Waals surface area contributed by atoms with Gasteiger partial charge in [0.25, 0.3) is 5.56 Å². The third-order valence-corrected chi connectivity index (χ3v) is 3.67. The molecule has 0 amide bonds. The summed E-state index contributed by atoms with van der Waals surface area (Å²) >= 11 is 0. The van der Waals surface area contributed by atoms with Crippen LogP contribution in [0.2, 0.25) is 0 Å². The van der Waals surface area contributed by atoms with Crippen molar-refractivity contribution in [2.75, 3.05) is 31.2 Å². The second kappa shape index (κ2) is 5.42. The van der Waals surface area contributed by atoms with Crippen molar-refractivity contribution in [1.82, 2.24) is 15.0 Å². The molecule has 1 aliphatic heterocycles. The van der Waals surface area contributed by atoms with Crippen LogP contribution >= 0.6 is 0 Å². The highest BCUT2D eigenvalue weighted by molar-refractivity contribution is 5.76. The van der Waals surface area contributed by atoms with Crippen LogP contribution in [0, 0.1) is 6.92 Å².